The minimum Gasteiger partial charge on any atom is -0.357 e. The number of aromatic nitrogens is 1. The van der Waals surface area contributed by atoms with E-state index in [4.69, 9.17) is 11.6 Å². The topological polar surface area (TPSA) is 27.8 Å². The third-order valence-electron chi connectivity index (χ3n) is 5.02. The van der Waals surface area contributed by atoms with Gasteiger partial charge in [-0.3, -0.25) is 0 Å². The molecule has 2 heterocycles. The highest BCUT2D eigenvalue weighted by Gasteiger charge is 2.25. The fourth-order valence-corrected chi connectivity index (χ4v) is 3.83. The Bertz CT molecular complexity index is 885. The summed E-state index contributed by atoms with van der Waals surface area (Å²) in [4.78, 5) is 3.62. The molecule has 0 saturated heterocycles. The Morgan fingerprint density at radius 3 is 2.50 bits per heavy atom. The van der Waals surface area contributed by atoms with Crippen molar-refractivity contribution in [2.45, 2.75) is 38.6 Å². The van der Waals surface area contributed by atoms with E-state index in [1.165, 1.54) is 33.3 Å². The van der Waals surface area contributed by atoms with Crippen LogP contribution in [0.1, 0.15) is 49.2 Å². The molecule has 1 aliphatic rings. The third-order valence-corrected chi connectivity index (χ3v) is 5.26. The van der Waals surface area contributed by atoms with Crippen LogP contribution in [0.15, 0.2) is 42.5 Å². The Balaban J connectivity index is 1.78. The van der Waals surface area contributed by atoms with Crippen LogP contribution < -0.4 is 5.32 Å². The standard InChI is InChI=1S/C21H23ClN2/c1-21(2,3)14-6-4-13(5-7-14)19-20-16(10-11-23-19)17-12-15(22)8-9-18(17)24-20/h4-9,12,19,23-24H,10-11H2,1-3H3. The number of H-pyrrole nitrogens is 1. The molecular weight excluding hydrogens is 316 g/mol. The van der Waals surface area contributed by atoms with Crippen LogP contribution in [0, 0.1) is 0 Å². The summed E-state index contributed by atoms with van der Waals surface area (Å²) in [5, 5.41) is 5.72. The molecule has 2 aromatic carbocycles. The highest BCUT2D eigenvalue weighted by molar-refractivity contribution is 6.31. The molecule has 4 rings (SSSR count). The Kier molecular flexibility index (Phi) is 3.70. The first kappa shape index (κ1) is 15.7. The highest BCUT2D eigenvalue weighted by atomic mass is 35.5. The number of benzene rings is 2. The van der Waals surface area contributed by atoms with Crippen molar-refractivity contribution in [2.24, 2.45) is 0 Å². The SMILES string of the molecule is CC(C)(C)c1ccc(C2NCCc3c2[nH]c2ccc(Cl)cc32)cc1. The molecule has 0 saturated carbocycles. The summed E-state index contributed by atoms with van der Waals surface area (Å²) in [6.45, 7) is 7.74. The number of nitrogens with one attached hydrogen (secondary N) is 2. The molecule has 1 aliphatic heterocycles. The summed E-state index contributed by atoms with van der Waals surface area (Å²) < 4.78 is 0. The van der Waals surface area contributed by atoms with Crippen LogP contribution in [0.3, 0.4) is 0 Å². The maximum Gasteiger partial charge on any atom is 0.0732 e. The summed E-state index contributed by atoms with van der Waals surface area (Å²) in [6.07, 6.45) is 1.03. The minimum absolute atomic E-state index is 0.182. The van der Waals surface area contributed by atoms with Crippen molar-refractivity contribution in [1.29, 1.82) is 0 Å². The first-order valence-corrected chi connectivity index (χ1v) is 8.95. The van der Waals surface area contributed by atoms with Crippen molar-refractivity contribution in [2.75, 3.05) is 6.54 Å². The molecule has 2 N–H and O–H groups in total. The van der Waals surface area contributed by atoms with Crippen molar-refractivity contribution in [3.63, 3.8) is 0 Å². The lowest BCUT2D eigenvalue weighted by Crippen LogP contribution is -2.30. The highest BCUT2D eigenvalue weighted by Crippen LogP contribution is 2.35. The van der Waals surface area contributed by atoms with Crippen LogP contribution in [0.5, 0.6) is 0 Å². The summed E-state index contributed by atoms with van der Waals surface area (Å²) in [5.74, 6) is 0. The van der Waals surface area contributed by atoms with Gasteiger partial charge in [0, 0.05) is 28.2 Å². The molecule has 2 nitrogen and oxygen atoms in total. The van der Waals surface area contributed by atoms with Gasteiger partial charge in [0.25, 0.3) is 0 Å². The van der Waals surface area contributed by atoms with Crippen LogP contribution in [-0.2, 0) is 11.8 Å². The number of halogens is 1. The van der Waals surface area contributed by atoms with E-state index in [0.29, 0.717) is 0 Å². The van der Waals surface area contributed by atoms with E-state index in [1.54, 1.807) is 0 Å². The molecule has 0 amide bonds. The summed E-state index contributed by atoms with van der Waals surface area (Å²) in [6, 6.07) is 15.3. The normalized spacial score (nSPS) is 17.9. The van der Waals surface area contributed by atoms with E-state index in [2.05, 4.69) is 67.5 Å². The number of hydrogen-bond acceptors (Lipinski definition) is 1. The van der Waals surface area contributed by atoms with E-state index in [1.807, 2.05) is 6.07 Å². The molecule has 0 bridgehead atoms. The second-order valence-corrected chi connectivity index (χ2v) is 8.15. The molecule has 1 aromatic heterocycles. The Labute approximate surface area is 148 Å². The predicted molar refractivity (Wildman–Crippen MR) is 102 cm³/mol. The van der Waals surface area contributed by atoms with Gasteiger partial charge in [-0.15, -0.1) is 0 Å². The van der Waals surface area contributed by atoms with Gasteiger partial charge in [-0.1, -0.05) is 56.6 Å². The third kappa shape index (κ3) is 2.64. The van der Waals surface area contributed by atoms with E-state index >= 15 is 0 Å². The zero-order valence-corrected chi connectivity index (χ0v) is 15.2. The lowest BCUT2D eigenvalue weighted by molar-refractivity contribution is 0.558. The van der Waals surface area contributed by atoms with Crippen LogP contribution in [0.25, 0.3) is 10.9 Å². The van der Waals surface area contributed by atoms with Crippen molar-refractivity contribution in [3.8, 4) is 0 Å². The minimum atomic E-state index is 0.182. The van der Waals surface area contributed by atoms with Crippen molar-refractivity contribution in [3.05, 3.63) is 69.9 Å². The van der Waals surface area contributed by atoms with Crippen molar-refractivity contribution < 1.29 is 0 Å². The zero-order chi connectivity index (χ0) is 16.9. The Hall–Kier alpha value is -1.77. The number of fused-ring (bicyclic) bond motifs is 3. The van der Waals surface area contributed by atoms with Crippen LogP contribution >= 0.6 is 11.6 Å². The predicted octanol–water partition coefficient (Wildman–Crippen LogP) is 5.35. The van der Waals surface area contributed by atoms with Gasteiger partial charge in [0.2, 0.25) is 0 Å². The van der Waals surface area contributed by atoms with Gasteiger partial charge in [0.05, 0.1) is 6.04 Å². The number of aromatic amines is 1. The van der Waals surface area contributed by atoms with Crippen LogP contribution in [-0.4, -0.2) is 11.5 Å². The molecule has 124 valence electrons. The molecule has 3 heteroatoms. The smallest absolute Gasteiger partial charge is 0.0732 e. The van der Waals surface area contributed by atoms with Gasteiger partial charge in [-0.25, -0.2) is 0 Å². The van der Waals surface area contributed by atoms with Gasteiger partial charge in [0.1, 0.15) is 0 Å². The molecule has 1 unspecified atom stereocenters. The van der Waals surface area contributed by atoms with Crippen LogP contribution in [0.4, 0.5) is 0 Å². The quantitative estimate of drug-likeness (QED) is 0.614. The maximum atomic E-state index is 6.20. The van der Waals surface area contributed by atoms with E-state index in [9.17, 15) is 0 Å². The lowest BCUT2D eigenvalue weighted by Gasteiger charge is -2.26. The average molecular weight is 339 g/mol. The largest absolute Gasteiger partial charge is 0.357 e. The molecule has 24 heavy (non-hydrogen) atoms. The lowest BCUT2D eigenvalue weighted by atomic mass is 9.85. The molecule has 0 radical (unpaired) electrons. The van der Waals surface area contributed by atoms with Gasteiger partial charge >= 0.3 is 0 Å². The van der Waals surface area contributed by atoms with Gasteiger partial charge in [-0.05, 0) is 46.7 Å². The molecule has 0 aliphatic carbocycles. The molecule has 1 atom stereocenters. The Morgan fingerprint density at radius 1 is 1.04 bits per heavy atom. The van der Waals surface area contributed by atoms with Gasteiger partial charge in [-0.2, -0.15) is 0 Å². The van der Waals surface area contributed by atoms with Crippen molar-refractivity contribution >= 4 is 22.5 Å². The first-order chi connectivity index (χ1) is 11.4. The molecule has 3 aromatic rings. The number of hydrogen-bond donors (Lipinski definition) is 2. The van der Waals surface area contributed by atoms with E-state index in [-0.39, 0.29) is 11.5 Å². The van der Waals surface area contributed by atoms with E-state index in [0.717, 1.165) is 18.0 Å². The maximum absolute atomic E-state index is 6.20. The van der Waals surface area contributed by atoms with Gasteiger partial charge in [0.15, 0.2) is 0 Å². The van der Waals surface area contributed by atoms with E-state index < -0.39 is 0 Å². The average Bonchev–Trinajstić information content (AvgIpc) is 2.92. The van der Waals surface area contributed by atoms with Crippen LogP contribution in [0.2, 0.25) is 5.02 Å². The second kappa shape index (κ2) is 5.65. The summed E-state index contributed by atoms with van der Waals surface area (Å²) in [5.41, 5.74) is 6.71. The monoisotopic (exact) mass is 338 g/mol. The molecular formula is C21H23ClN2. The molecule has 0 spiro atoms. The van der Waals surface area contributed by atoms with Gasteiger partial charge < -0.3 is 10.3 Å². The first-order valence-electron chi connectivity index (χ1n) is 8.57. The summed E-state index contributed by atoms with van der Waals surface area (Å²) in [7, 11) is 0. The van der Waals surface area contributed by atoms with Crippen molar-refractivity contribution in [1.82, 2.24) is 10.3 Å². The zero-order valence-electron chi connectivity index (χ0n) is 14.4. The molecule has 0 fully saturated rings. The summed E-state index contributed by atoms with van der Waals surface area (Å²) >= 11 is 6.20. The fraction of sp³-hybridized carbons (Fsp3) is 0.333. The second-order valence-electron chi connectivity index (χ2n) is 7.72. The fourth-order valence-electron chi connectivity index (χ4n) is 3.66. The Morgan fingerprint density at radius 2 is 1.79 bits per heavy atom. The number of rotatable bonds is 1.